The van der Waals surface area contributed by atoms with Gasteiger partial charge in [-0.1, -0.05) is 44.9 Å². The molecule has 1 saturated heterocycles. The summed E-state index contributed by atoms with van der Waals surface area (Å²) < 4.78 is 25.4. The zero-order valence-corrected chi connectivity index (χ0v) is 16.7. The number of carbonyl (C=O) groups is 1. The first-order valence-corrected chi connectivity index (χ1v) is 10.5. The quantitative estimate of drug-likeness (QED) is 0.471. The molecule has 2 rings (SSSR count). The smallest absolute Gasteiger partial charge is 0.272 e. The second-order valence-corrected chi connectivity index (χ2v) is 7.90. The lowest BCUT2D eigenvalue weighted by Crippen LogP contribution is -2.56. The molecular weight excluding hydrogens is 362 g/mol. The van der Waals surface area contributed by atoms with E-state index >= 15 is 0 Å². The topological polar surface area (TPSA) is 71.2 Å². The molecule has 0 spiro atoms. The van der Waals surface area contributed by atoms with Crippen molar-refractivity contribution in [1.29, 1.82) is 0 Å². The van der Waals surface area contributed by atoms with Crippen LogP contribution in [0.2, 0.25) is 0 Å². The maximum atomic E-state index is 12.7. The predicted octanol–water partition coefficient (Wildman–Crippen LogP) is 3.60. The molecule has 3 N–H and O–H groups in total. The molecule has 0 saturated carbocycles. The number of unbranched alkanes of at least 4 members (excludes halogenated alkanes) is 7. The van der Waals surface area contributed by atoms with Crippen molar-refractivity contribution in [2.24, 2.45) is 5.73 Å². The van der Waals surface area contributed by atoms with Gasteiger partial charge in [-0.25, -0.2) is 8.78 Å². The largest absolute Gasteiger partial charge is 0.350 e. The van der Waals surface area contributed by atoms with Crippen LogP contribution in [-0.2, 0) is 0 Å². The fourth-order valence-electron chi connectivity index (χ4n) is 3.49. The van der Waals surface area contributed by atoms with E-state index in [-0.39, 0.29) is 25.0 Å². The third-order valence-electron chi connectivity index (χ3n) is 5.16. The van der Waals surface area contributed by atoms with Crippen molar-refractivity contribution in [3.63, 3.8) is 0 Å². The van der Waals surface area contributed by atoms with Crippen LogP contribution >= 0.6 is 0 Å². The molecule has 1 aliphatic rings. The van der Waals surface area contributed by atoms with Gasteiger partial charge in [0.1, 0.15) is 0 Å². The normalized spacial score (nSPS) is 17.1. The molecule has 28 heavy (non-hydrogen) atoms. The molecule has 1 fully saturated rings. The maximum Gasteiger partial charge on any atom is 0.272 e. The zero-order valence-electron chi connectivity index (χ0n) is 16.7. The Labute approximate surface area is 167 Å². The Balaban J connectivity index is 1.35. The highest BCUT2D eigenvalue weighted by molar-refractivity contribution is 5.93. The summed E-state index contributed by atoms with van der Waals surface area (Å²) in [4.78, 5) is 17.7. The summed E-state index contributed by atoms with van der Waals surface area (Å²) in [6.07, 6.45) is 13.3. The van der Waals surface area contributed by atoms with Crippen molar-refractivity contribution in [1.82, 2.24) is 15.2 Å². The predicted molar refractivity (Wildman–Crippen MR) is 107 cm³/mol. The lowest BCUT2D eigenvalue weighted by atomic mass is 10.0. The number of halogens is 2. The van der Waals surface area contributed by atoms with Crippen molar-refractivity contribution in [3.05, 3.63) is 30.1 Å². The van der Waals surface area contributed by atoms with E-state index < -0.39 is 5.92 Å². The SMILES string of the molecule is NC(CCCCCCCCCCN1CC(F)(F)C1)CNC(=O)c1cccnc1. The fraction of sp³-hybridized carbons (Fsp3) is 0.714. The first-order chi connectivity index (χ1) is 13.5. The van der Waals surface area contributed by atoms with Gasteiger partial charge in [0.25, 0.3) is 11.8 Å². The molecule has 158 valence electrons. The van der Waals surface area contributed by atoms with Crippen LogP contribution < -0.4 is 11.1 Å². The van der Waals surface area contributed by atoms with E-state index in [4.69, 9.17) is 5.73 Å². The summed E-state index contributed by atoms with van der Waals surface area (Å²) in [7, 11) is 0. The first-order valence-electron chi connectivity index (χ1n) is 10.5. The summed E-state index contributed by atoms with van der Waals surface area (Å²) in [6, 6.07) is 3.45. The van der Waals surface area contributed by atoms with Crippen LogP contribution in [0.15, 0.2) is 24.5 Å². The van der Waals surface area contributed by atoms with Crippen molar-refractivity contribution in [2.75, 3.05) is 26.2 Å². The number of alkyl halides is 2. The summed E-state index contributed by atoms with van der Waals surface area (Å²) >= 11 is 0. The number of likely N-dealkylation sites (tertiary alicyclic amines) is 1. The Bertz CT molecular complexity index is 563. The third-order valence-corrected chi connectivity index (χ3v) is 5.16. The van der Waals surface area contributed by atoms with Crippen LogP contribution in [0.25, 0.3) is 0 Å². The molecule has 1 amide bonds. The maximum absolute atomic E-state index is 12.7. The standard InChI is InChI=1S/C21H34F2N4O/c22-21(23)16-27(17-21)13-8-6-4-2-1-3-5-7-11-19(24)15-26-20(28)18-10-9-12-25-14-18/h9-10,12,14,19H,1-8,11,13,15-17,24H2,(H,26,28). The van der Waals surface area contributed by atoms with Crippen molar-refractivity contribution in [3.8, 4) is 0 Å². The van der Waals surface area contributed by atoms with E-state index in [2.05, 4.69) is 10.3 Å². The van der Waals surface area contributed by atoms with Gasteiger partial charge in [0.2, 0.25) is 0 Å². The summed E-state index contributed by atoms with van der Waals surface area (Å²) in [5, 5.41) is 2.85. The molecule has 0 bridgehead atoms. The van der Waals surface area contributed by atoms with Crippen molar-refractivity contribution in [2.45, 2.75) is 69.8 Å². The van der Waals surface area contributed by atoms with Gasteiger partial charge in [-0.3, -0.25) is 14.7 Å². The Morgan fingerprint density at radius 2 is 1.79 bits per heavy atom. The summed E-state index contributed by atoms with van der Waals surface area (Å²) in [5.74, 6) is -2.57. The van der Waals surface area contributed by atoms with Gasteiger partial charge in [-0.05, 0) is 31.5 Å². The second-order valence-electron chi connectivity index (χ2n) is 7.90. The molecule has 1 aromatic rings. The molecule has 0 aliphatic carbocycles. The highest BCUT2D eigenvalue weighted by Gasteiger charge is 2.42. The lowest BCUT2D eigenvalue weighted by Gasteiger charge is -2.38. The lowest BCUT2D eigenvalue weighted by molar-refractivity contribution is -0.130. The molecule has 0 aromatic carbocycles. The van der Waals surface area contributed by atoms with Crippen molar-refractivity contribution >= 4 is 5.91 Å². The molecular formula is C21H34F2N4O. The number of aromatic nitrogens is 1. The highest BCUT2D eigenvalue weighted by Crippen LogP contribution is 2.26. The van der Waals surface area contributed by atoms with Crippen LogP contribution in [0.1, 0.15) is 68.1 Å². The number of amides is 1. The number of nitrogens with zero attached hydrogens (tertiary/aromatic N) is 2. The highest BCUT2D eigenvalue weighted by atomic mass is 19.3. The van der Waals surface area contributed by atoms with Crippen LogP contribution in [0.5, 0.6) is 0 Å². The van der Waals surface area contributed by atoms with Crippen LogP contribution in [0.3, 0.4) is 0 Å². The number of hydrogen-bond donors (Lipinski definition) is 2. The number of pyridine rings is 1. The van der Waals surface area contributed by atoms with Gasteiger partial charge in [0.15, 0.2) is 0 Å². The molecule has 1 unspecified atom stereocenters. The molecule has 1 atom stereocenters. The minimum Gasteiger partial charge on any atom is -0.350 e. The van der Waals surface area contributed by atoms with E-state index in [1.807, 2.05) is 4.90 Å². The van der Waals surface area contributed by atoms with Gasteiger partial charge in [0.05, 0.1) is 18.7 Å². The minimum atomic E-state index is -2.44. The zero-order chi connectivity index (χ0) is 20.2. The molecule has 2 heterocycles. The van der Waals surface area contributed by atoms with Crippen LogP contribution in [0, 0.1) is 0 Å². The van der Waals surface area contributed by atoms with Gasteiger partial charge in [-0.15, -0.1) is 0 Å². The Kier molecular flexibility index (Phi) is 9.78. The summed E-state index contributed by atoms with van der Waals surface area (Å²) in [5.41, 5.74) is 6.63. The van der Waals surface area contributed by atoms with E-state index in [1.54, 1.807) is 24.5 Å². The number of hydrogen-bond acceptors (Lipinski definition) is 4. The van der Waals surface area contributed by atoms with Gasteiger partial charge in [0, 0.05) is 25.0 Å². The summed E-state index contributed by atoms with van der Waals surface area (Å²) in [6.45, 7) is 1.19. The fourth-order valence-corrected chi connectivity index (χ4v) is 3.49. The van der Waals surface area contributed by atoms with Crippen LogP contribution in [0.4, 0.5) is 8.78 Å². The Hall–Kier alpha value is -1.60. The van der Waals surface area contributed by atoms with E-state index in [0.717, 1.165) is 38.6 Å². The second kappa shape index (κ2) is 12.1. The van der Waals surface area contributed by atoms with E-state index in [0.29, 0.717) is 12.1 Å². The van der Waals surface area contributed by atoms with E-state index in [1.165, 1.54) is 25.7 Å². The average molecular weight is 397 g/mol. The average Bonchev–Trinajstić information content (AvgIpc) is 2.66. The van der Waals surface area contributed by atoms with Gasteiger partial charge < -0.3 is 11.1 Å². The number of nitrogens with one attached hydrogen (secondary N) is 1. The Morgan fingerprint density at radius 3 is 2.39 bits per heavy atom. The molecule has 0 radical (unpaired) electrons. The molecule has 5 nitrogen and oxygen atoms in total. The number of carbonyl (C=O) groups excluding carboxylic acids is 1. The molecule has 1 aliphatic heterocycles. The minimum absolute atomic E-state index is 0.0190. The van der Waals surface area contributed by atoms with Crippen molar-refractivity contribution < 1.29 is 13.6 Å². The molecule has 7 heteroatoms. The molecule has 1 aromatic heterocycles. The number of nitrogens with two attached hydrogens (primary N) is 1. The Morgan fingerprint density at radius 1 is 1.14 bits per heavy atom. The van der Waals surface area contributed by atoms with Crippen LogP contribution in [-0.4, -0.2) is 53.9 Å². The van der Waals surface area contributed by atoms with E-state index in [9.17, 15) is 13.6 Å². The van der Waals surface area contributed by atoms with Gasteiger partial charge >= 0.3 is 0 Å². The van der Waals surface area contributed by atoms with Gasteiger partial charge in [-0.2, -0.15) is 0 Å². The first kappa shape index (κ1) is 22.7. The number of rotatable bonds is 14. The monoisotopic (exact) mass is 396 g/mol. The third kappa shape index (κ3) is 9.06.